The molecule has 3 aliphatic rings. The van der Waals surface area contributed by atoms with Crippen molar-refractivity contribution >= 4 is 17.6 Å². The Morgan fingerprint density at radius 3 is 2.54 bits per heavy atom. The predicted molar refractivity (Wildman–Crippen MR) is 191 cm³/mol. The Bertz CT molecular complexity index is 1330. The molecule has 5 N–H and O–H groups in total. The minimum atomic E-state index is -1.45. The molecule has 1 saturated carbocycles. The summed E-state index contributed by atoms with van der Waals surface area (Å²) in [4.78, 5) is 24.5. The Hall–Kier alpha value is -3.06. The van der Waals surface area contributed by atoms with Gasteiger partial charge in [-0.1, -0.05) is 50.3 Å². The van der Waals surface area contributed by atoms with Gasteiger partial charge in [-0.3, -0.25) is 9.59 Å². The van der Waals surface area contributed by atoms with Gasteiger partial charge in [-0.05, 0) is 75.8 Å². The van der Waals surface area contributed by atoms with Crippen molar-refractivity contribution in [3.63, 3.8) is 0 Å². The fraction of sp³-hybridized carbons (Fsp3) is 0.641. The van der Waals surface area contributed by atoms with Crippen molar-refractivity contribution < 1.29 is 43.9 Å². The van der Waals surface area contributed by atoms with Crippen LogP contribution in [0.4, 0.5) is 5.69 Å². The van der Waals surface area contributed by atoms with E-state index in [0.717, 1.165) is 24.1 Å². The standard InChI is InChI=1S/C39H58N2O9/c1-7-31(47-6)23-33-36(50-33)37(40-24-27-12-14-28(15-13-27)41-29-16-17-29)39(5,46)20-9-8-10-32-25(2)11-18-34(48-26(3)42)38(4,45)21-19-30(43)22-35(44)49-32/h8-15,18,20,25,29-34,36-37,40-41,43,45-46H,7,16-17,19,21-24H2,1-6H3/b10-8+,18-11+,20-9+/t25-,30+,31-,32?,33+,34-,36-,37?,38+,39?/m0/s1. The molecule has 2 aliphatic heterocycles. The molecule has 0 amide bonds. The van der Waals surface area contributed by atoms with Gasteiger partial charge in [0.25, 0.3) is 0 Å². The lowest BCUT2D eigenvalue weighted by Crippen LogP contribution is -2.51. The number of carbonyl (C=O) groups excluding carboxylic acids is 2. The molecule has 278 valence electrons. The molecule has 1 aliphatic carbocycles. The molecule has 1 saturated heterocycles. The number of esters is 2. The molecule has 2 fully saturated rings. The van der Waals surface area contributed by atoms with E-state index in [2.05, 4.69) is 41.8 Å². The first kappa shape index (κ1) is 39.7. The highest BCUT2D eigenvalue weighted by atomic mass is 16.6. The van der Waals surface area contributed by atoms with E-state index in [-0.39, 0.29) is 43.5 Å². The molecule has 3 unspecified atom stereocenters. The second-order valence-electron chi connectivity index (χ2n) is 14.6. The largest absolute Gasteiger partial charge is 0.457 e. The lowest BCUT2D eigenvalue weighted by molar-refractivity contribution is -0.157. The smallest absolute Gasteiger partial charge is 0.309 e. The van der Waals surface area contributed by atoms with Crippen molar-refractivity contribution in [1.29, 1.82) is 0 Å². The molecule has 0 bridgehead atoms. The van der Waals surface area contributed by atoms with E-state index in [0.29, 0.717) is 12.6 Å². The Balaban J connectivity index is 1.48. The number of benzene rings is 1. The molecule has 1 aromatic carbocycles. The summed E-state index contributed by atoms with van der Waals surface area (Å²) in [5.41, 5.74) is -0.564. The topological polar surface area (TPSA) is 159 Å². The summed E-state index contributed by atoms with van der Waals surface area (Å²) >= 11 is 0. The first-order valence-corrected chi connectivity index (χ1v) is 18.0. The number of methoxy groups -OCH3 is 1. The van der Waals surface area contributed by atoms with Crippen molar-refractivity contribution in [2.45, 2.75) is 146 Å². The zero-order valence-electron chi connectivity index (χ0n) is 30.4. The van der Waals surface area contributed by atoms with Gasteiger partial charge < -0.3 is 44.9 Å². The molecule has 0 spiro atoms. The first-order valence-electron chi connectivity index (χ1n) is 18.0. The zero-order chi connectivity index (χ0) is 36.5. The third-order valence-corrected chi connectivity index (χ3v) is 9.80. The molecule has 2 heterocycles. The van der Waals surface area contributed by atoms with Crippen LogP contribution in [0.1, 0.15) is 85.1 Å². The average Bonchev–Trinajstić information content (AvgIpc) is 4.00. The van der Waals surface area contributed by atoms with E-state index in [4.69, 9.17) is 18.9 Å². The van der Waals surface area contributed by atoms with Gasteiger partial charge in [-0.2, -0.15) is 0 Å². The molecular weight excluding hydrogens is 640 g/mol. The zero-order valence-corrected chi connectivity index (χ0v) is 30.4. The Morgan fingerprint density at radius 1 is 1.18 bits per heavy atom. The van der Waals surface area contributed by atoms with Crippen LogP contribution >= 0.6 is 0 Å². The first-order chi connectivity index (χ1) is 23.7. The van der Waals surface area contributed by atoms with Gasteiger partial charge >= 0.3 is 11.9 Å². The number of ether oxygens (including phenoxy) is 4. The minimum absolute atomic E-state index is 0.0480. The third-order valence-electron chi connectivity index (χ3n) is 9.80. The number of anilines is 1. The predicted octanol–water partition coefficient (Wildman–Crippen LogP) is 4.50. The van der Waals surface area contributed by atoms with Gasteiger partial charge in [0, 0.05) is 44.6 Å². The highest BCUT2D eigenvalue weighted by molar-refractivity contribution is 5.70. The second-order valence-corrected chi connectivity index (χ2v) is 14.6. The van der Waals surface area contributed by atoms with E-state index in [1.165, 1.54) is 19.8 Å². The number of aliphatic hydroxyl groups is 3. The molecular formula is C39H58N2O9. The summed E-state index contributed by atoms with van der Waals surface area (Å²) in [6.07, 6.45) is 11.3. The van der Waals surface area contributed by atoms with Crippen molar-refractivity contribution in [3.05, 3.63) is 66.3 Å². The van der Waals surface area contributed by atoms with Crippen LogP contribution in [-0.2, 0) is 35.1 Å². The quantitative estimate of drug-likeness (QED) is 0.0760. The van der Waals surface area contributed by atoms with Crippen LogP contribution < -0.4 is 10.6 Å². The molecule has 11 heteroatoms. The number of allylic oxidation sites excluding steroid dienone is 2. The number of nitrogens with one attached hydrogen (secondary N) is 2. The van der Waals surface area contributed by atoms with Crippen LogP contribution in [0.2, 0.25) is 0 Å². The molecule has 0 radical (unpaired) electrons. The van der Waals surface area contributed by atoms with Gasteiger partial charge in [0.1, 0.15) is 23.9 Å². The van der Waals surface area contributed by atoms with E-state index >= 15 is 0 Å². The molecule has 1 aromatic rings. The maximum absolute atomic E-state index is 12.7. The molecule has 0 aromatic heterocycles. The summed E-state index contributed by atoms with van der Waals surface area (Å²) in [5, 5.41) is 40.4. The number of aliphatic hydroxyl groups excluding tert-OH is 1. The van der Waals surface area contributed by atoms with Crippen LogP contribution in [0.15, 0.2) is 60.7 Å². The number of hydrogen-bond donors (Lipinski definition) is 5. The number of hydrogen-bond acceptors (Lipinski definition) is 11. The summed E-state index contributed by atoms with van der Waals surface area (Å²) in [5.74, 6) is -1.49. The number of carbonyl (C=O) groups is 2. The highest BCUT2D eigenvalue weighted by Gasteiger charge is 2.51. The fourth-order valence-corrected chi connectivity index (χ4v) is 6.28. The Kier molecular flexibility index (Phi) is 14.2. The van der Waals surface area contributed by atoms with E-state index in [1.54, 1.807) is 57.4 Å². The maximum Gasteiger partial charge on any atom is 0.309 e. The van der Waals surface area contributed by atoms with E-state index < -0.39 is 47.5 Å². The van der Waals surface area contributed by atoms with Crippen LogP contribution in [0.3, 0.4) is 0 Å². The van der Waals surface area contributed by atoms with Crippen LogP contribution in [0, 0.1) is 5.92 Å². The SMILES string of the molecule is CC[C@@H](C[C@H]1O[C@@H]1C(NCc1ccc(NC2CC2)cc1)C(C)(O)/C=C/C=C/C1OC(=O)C[C@H](O)CC[C@@](C)(O)[C@@H](OC(C)=O)/C=C/[C@@H]1C)OC. The molecule has 4 rings (SSSR count). The lowest BCUT2D eigenvalue weighted by atomic mass is 9.89. The van der Waals surface area contributed by atoms with Crippen molar-refractivity contribution in [3.8, 4) is 0 Å². The normalized spacial score (nSPS) is 32.3. The molecule has 11 nitrogen and oxygen atoms in total. The van der Waals surface area contributed by atoms with Gasteiger partial charge in [-0.25, -0.2) is 0 Å². The number of rotatable bonds is 15. The van der Waals surface area contributed by atoms with Crippen molar-refractivity contribution in [2.75, 3.05) is 12.4 Å². The average molecular weight is 699 g/mol. The minimum Gasteiger partial charge on any atom is -0.457 e. The molecule has 10 atom stereocenters. The van der Waals surface area contributed by atoms with Gasteiger partial charge in [0.05, 0.1) is 36.4 Å². The fourth-order valence-electron chi connectivity index (χ4n) is 6.28. The highest BCUT2D eigenvalue weighted by Crippen LogP contribution is 2.36. The van der Waals surface area contributed by atoms with Crippen molar-refractivity contribution in [1.82, 2.24) is 5.32 Å². The van der Waals surface area contributed by atoms with Gasteiger partial charge in [0.15, 0.2) is 0 Å². The van der Waals surface area contributed by atoms with Crippen LogP contribution in [0.25, 0.3) is 0 Å². The number of epoxide rings is 1. The monoisotopic (exact) mass is 698 g/mol. The summed E-state index contributed by atoms with van der Waals surface area (Å²) in [7, 11) is 1.70. The Morgan fingerprint density at radius 2 is 1.90 bits per heavy atom. The second kappa shape index (κ2) is 17.9. The van der Waals surface area contributed by atoms with Crippen LogP contribution in [0.5, 0.6) is 0 Å². The summed E-state index contributed by atoms with van der Waals surface area (Å²) < 4.78 is 22.8. The molecule has 50 heavy (non-hydrogen) atoms. The Labute approximate surface area is 297 Å². The van der Waals surface area contributed by atoms with Gasteiger partial charge in [-0.15, -0.1) is 0 Å². The van der Waals surface area contributed by atoms with Gasteiger partial charge in [0.2, 0.25) is 0 Å². The van der Waals surface area contributed by atoms with Crippen LogP contribution in [-0.4, -0.2) is 94.3 Å². The van der Waals surface area contributed by atoms with E-state index in [9.17, 15) is 24.9 Å². The number of cyclic esters (lactones) is 1. The third kappa shape index (κ3) is 12.3. The van der Waals surface area contributed by atoms with Crippen molar-refractivity contribution in [2.24, 2.45) is 5.92 Å². The lowest BCUT2D eigenvalue weighted by Gasteiger charge is -2.32. The summed E-state index contributed by atoms with van der Waals surface area (Å²) in [6, 6.07) is 8.48. The van der Waals surface area contributed by atoms with E-state index in [1.807, 2.05) is 6.92 Å². The summed E-state index contributed by atoms with van der Waals surface area (Å²) in [6.45, 7) is 9.01. The maximum atomic E-state index is 12.7.